The van der Waals surface area contributed by atoms with E-state index in [1.165, 1.54) is 6.08 Å². The van der Waals surface area contributed by atoms with Gasteiger partial charge in [0.05, 0.1) is 10.7 Å². The van der Waals surface area contributed by atoms with Crippen LogP contribution in [-0.2, 0) is 4.79 Å². The molecule has 2 fully saturated rings. The van der Waals surface area contributed by atoms with Crippen LogP contribution in [0, 0.1) is 6.92 Å². The summed E-state index contributed by atoms with van der Waals surface area (Å²) in [4.78, 5) is 46.7. The minimum atomic E-state index is -0.327. The summed E-state index contributed by atoms with van der Waals surface area (Å²) >= 11 is 6.62. The number of likely N-dealkylation sites (N-methyl/N-ethyl adjacent to an activating group) is 1. The first kappa shape index (κ1) is 27.2. The van der Waals surface area contributed by atoms with E-state index >= 15 is 0 Å². The van der Waals surface area contributed by atoms with E-state index in [0.717, 1.165) is 30.2 Å². The number of aromatic nitrogens is 4. The van der Waals surface area contributed by atoms with Crippen molar-refractivity contribution in [2.75, 3.05) is 51.3 Å². The Labute approximate surface area is 242 Å². The zero-order valence-corrected chi connectivity index (χ0v) is 24.0. The van der Waals surface area contributed by atoms with E-state index in [-0.39, 0.29) is 29.0 Å². The van der Waals surface area contributed by atoms with E-state index in [4.69, 9.17) is 26.3 Å². The number of carbonyl (C=O) groups excluding carboxylic acids is 1. The molecule has 1 unspecified atom stereocenters. The lowest BCUT2D eigenvalue weighted by atomic mass is 10.1. The van der Waals surface area contributed by atoms with E-state index in [1.807, 2.05) is 41.3 Å². The number of amides is 1. The van der Waals surface area contributed by atoms with Crippen LogP contribution in [0.4, 0.5) is 5.82 Å². The fourth-order valence-corrected chi connectivity index (χ4v) is 6.08. The molecule has 212 valence electrons. The third-order valence-electron chi connectivity index (χ3n) is 8.06. The van der Waals surface area contributed by atoms with Crippen molar-refractivity contribution in [2.24, 2.45) is 0 Å². The highest BCUT2D eigenvalue weighted by Crippen LogP contribution is 2.31. The van der Waals surface area contributed by atoms with Crippen LogP contribution in [0.3, 0.4) is 0 Å². The van der Waals surface area contributed by atoms with Crippen molar-refractivity contribution in [1.82, 2.24) is 29.3 Å². The van der Waals surface area contributed by atoms with E-state index in [0.29, 0.717) is 60.7 Å². The van der Waals surface area contributed by atoms with E-state index in [9.17, 15) is 9.59 Å². The summed E-state index contributed by atoms with van der Waals surface area (Å²) in [6.45, 7) is 8.90. The number of piperazine rings is 1. The number of rotatable bonds is 6. The molecule has 1 amide bonds. The number of hydrogen-bond donors (Lipinski definition) is 0. The van der Waals surface area contributed by atoms with Crippen molar-refractivity contribution >= 4 is 45.1 Å². The molecule has 11 heteroatoms. The Bertz CT molecular complexity index is 1710. The van der Waals surface area contributed by atoms with E-state index in [2.05, 4.69) is 23.5 Å². The van der Waals surface area contributed by atoms with Gasteiger partial charge in [-0.05, 0) is 57.0 Å². The Morgan fingerprint density at radius 2 is 1.83 bits per heavy atom. The summed E-state index contributed by atoms with van der Waals surface area (Å²) in [7, 11) is 2.08. The lowest BCUT2D eigenvalue weighted by molar-refractivity contribution is -0.126. The van der Waals surface area contributed by atoms with Gasteiger partial charge in [-0.2, -0.15) is 9.97 Å². The maximum absolute atomic E-state index is 14.2. The van der Waals surface area contributed by atoms with Crippen LogP contribution in [0.1, 0.15) is 18.7 Å². The SMILES string of the molecule is C=CC(=O)N1CCN(c2nc(OCC3CCCN3C)nc3c(=O)n(-c4cccc5cccc(Cl)c45)c(C)nc23)CC1. The summed E-state index contributed by atoms with van der Waals surface area (Å²) in [5, 5.41) is 2.23. The van der Waals surface area contributed by atoms with Crippen LogP contribution >= 0.6 is 11.6 Å². The number of aryl methyl sites for hydroxylation is 1. The maximum Gasteiger partial charge on any atom is 0.319 e. The van der Waals surface area contributed by atoms with Gasteiger partial charge in [0.2, 0.25) is 5.91 Å². The Kier molecular flexibility index (Phi) is 7.35. The Morgan fingerprint density at radius 3 is 2.54 bits per heavy atom. The van der Waals surface area contributed by atoms with Crippen LogP contribution in [0.25, 0.3) is 27.5 Å². The number of likely N-dealkylation sites (tertiary alicyclic amines) is 1. The highest BCUT2D eigenvalue weighted by atomic mass is 35.5. The predicted octanol–water partition coefficient (Wildman–Crippen LogP) is 3.60. The molecule has 0 bridgehead atoms. The highest BCUT2D eigenvalue weighted by molar-refractivity contribution is 6.36. The summed E-state index contributed by atoms with van der Waals surface area (Å²) < 4.78 is 7.69. The Balaban J connectivity index is 1.48. The molecular weight excluding hydrogens is 542 g/mol. The van der Waals surface area contributed by atoms with Gasteiger partial charge in [-0.3, -0.25) is 14.2 Å². The first-order valence-electron chi connectivity index (χ1n) is 13.8. The molecule has 0 spiro atoms. The summed E-state index contributed by atoms with van der Waals surface area (Å²) in [5.74, 6) is 0.910. The lowest BCUT2D eigenvalue weighted by Gasteiger charge is -2.35. The molecule has 0 radical (unpaired) electrons. The maximum atomic E-state index is 14.2. The average Bonchev–Trinajstić information content (AvgIpc) is 3.40. The number of anilines is 1. The van der Waals surface area contributed by atoms with Crippen molar-refractivity contribution in [3.8, 4) is 11.7 Å². The number of carbonyl (C=O) groups is 1. The molecule has 2 saturated heterocycles. The minimum Gasteiger partial charge on any atom is -0.462 e. The zero-order valence-electron chi connectivity index (χ0n) is 23.2. The van der Waals surface area contributed by atoms with Crippen LogP contribution in [0.2, 0.25) is 5.02 Å². The van der Waals surface area contributed by atoms with Crippen molar-refractivity contribution in [2.45, 2.75) is 25.8 Å². The van der Waals surface area contributed by atoms with E-state index < -0.39 is 0 Å². The molecule has 1 atom stereocenters. The standard InChI is InChI=1S/C30H32ClN7O3/c1-4-24(39)36-14-16-37(17-15-36)28-26-27(33-30(34-28)41-18-21-10-7-13-35(21)3)29(40)38(19(2)32-26)23-12-6-9-20-8-5-11-22(31)25(20)23/h4-6,8-9,11-12,21H,1,7,10,13-18H2,2-3H3. The molecule has 2 aliphatic heterocycles. The van der Waals surface area contributed by atoms with Gasteiger partial charge in [0.25, 0.3) is 5.56 Å². The highest BCUT2D eigenvalue weighted by Gasteiger charge is 2.27. The largest absolute Gasteiger partial charge is 0.462 e. The normalized spacial score (nSPS) is 17.9. The summed E-state index contributed by atoms with van der Waals surface area (Å²) in [5.41, 5.74) is 0.886. The van der Waals surface area contributed by atoms with Crippen molar-refractivity contribution in [3.63, 3.8) is 0 Å². The third-order valence-corrected chi connectivity index (χ3v) is 8.38. The van der Waals surface area contributed by atoms with Gasteiger partial charge in [-0.25, -0.2) is 4.98 Å². The van der Waals surface area contributed by atoms with Gasteiger partial charge in [0.1, 0.15) is 17.9 Å². The zero-order chi connectivity index (χ0) is 28.7. The molecule has 0 N–H and O–H groups in total. The molecule has 4 heterocycles. The molecule has 4 aromatic rings. The Morgan fingerprint density at radius 1 is 1.07 bits per heavy atom. The van der Waals surface area contributed by atoms with Gasteiger partial charge < -0.3 is 19.4 Å². The van der Waals surface area contributed by atoms with E-state index in [1.54, 1.807) is 16.4 Å². The molecule has 0 saturated carbocycles. The monoisotopic (exact) mass is 573 g/mol. The first-order valence-corrected chi connectivity index (χ1v) is 14.2. The van der Waals surface area contributed by atoms with Gasteiger partial charge in [-0.15, -0.1) is 0 Å². The van der Waals surface area contributed by atoms with Crippen LogP contribution < -0.4 is 15.2 Å². The first-order chi connectivity index (χ1) is 19.9. The second-order valence-corrected chi connectivity index (χ2v) is 11.0. The third kappa shape index (κ3) is 5.02. The van der Waals surface area contributed by atoms with Crippen LogP contribution in [-0.4, -0.2) is 87.6 Å². The number of hydrogen-bond acceptors (Lipinski definition) is 8. The Hall–Kier alpha value is -4.02. The van der Waals surface area contributed by atoms with Gasteiger partial charge in [0.15, 0.2) is 11.3 Å². The molecule has 0 aliphatic carbocycles. The number of benzene rings is 2. The van der Waals surface area contributed by atoms with Crippen molar-refractivity contribution < 1.29 is 9.53 Å². The number of halogens is 1. The molecule has 41 heavy (non-hydrogen) atoms. The van der Waals surface area contributed by atoms with Gasteiger partial charge in [-0.1, -0.05) is 42.4 Å². The molecule has 2 aromatic carbocycles. The molecule has 2 aliphatic rings. The minimum absolute atomic E-state index is 0.104. The van der Waals surface area contributed by atoms with Gasteiger partial charge in [0, 0.05) is 37.6 Å². The van der Waals surface area contributed by atoms with Crippen LogP contribution in [0.15, 0.2) is 53.8 Å². The van der Waals surface area contributed by atoms with Crippen molar-refractivity contribution in [3.05, 3.63) is 70.3 Å². The molecule has 6 rings (SSSR count). The second kappa shape index (κ2) is 11.1. The van der Waals surface area contributed by atoms with Crippen LogP contribution in [0.5, 0.6) is 6.01 Å². The molecular formula is C30H32ClN7O3. The predicted molar refractivity (Wildman–Crippen MR) is 160 cm³/mol. The number of nitrogens with zero attached hydrogens (tertiary/aromatic N) is 7. The second-order valence-electron chi connectivity index (χ2n) is 10.5. The quantitative estimate of drug-likeness (QED) is 0.323. The smallest absolute Gasteiger partial charge is 0.319 e. The fraction of sp³-hybridized carbons (Fsp3) is 0.367. The topological polar surface area (TPSA) is 96.7 Å². The summed E-state index contributed by atoms with van der Waals surface area (Å²) in [6.07, 6.45) is 3.48. The molecule has 2 aromatic heterocycles. The lowest BCUT2D eigenvalue weighted by Crippen LogP contribution is -2.48. The average molecular weight is 574 g/mol. The molecule has 10 nitrogen and oxygen atoms in total. The number of fused-ring (bicyclic) bond motifs is 2. The van der Waals surface area contributed by atoms with Crippen molar-refractivity contribution in [1.29, 1.82) is 0 Å². The number of ether oxygens (including phenoxy) is 1. The van der Waals surface area contributed by atoms with Gasteiger partial charge >= 0.3 is 6.01 Å². The summed E-state index contributed by atoms with van der Waals surface area (Å²) in [6, 6.07) is 11.8. The fourth-order valence-electron chi connectivity index (χ4n) is 5.80.